The number of hydrogen-bond donors (Lipinski definition) is 1. The lowest BCUT2D eigenvalue weighted by Crippen LogP contribution is -2.15. The van der Waals surface area contributed by atoms with E-state index in [0.717, 1.165) is 12.5 Å². The highest BCUT2D eigenvalue weighted by atomic mass is 35.8. The lowest BCUT2D eigenvalue weighted by molar-refractivity contribution is 0.574. The Hall–Kier alpha value is 1.05. The van der Waals surface area contributed by atoms with Gasteiger partial charge in [0.25, 0.3) is 0 Å². The third kappa shape index (κ3) is 7.16. The summed E-state index contributed by atoms with van der Waals surface area (Å²) in [5.41, 5.74) is 5.39. The summed E-state index contributed by atoms with van der Waals surface area (Å²) in [6.07, 6.45) is 0.930. The third-order valence-corrected chi connectivity index (χ3v) is 3.88. The first-order chi connectivity index (χ1) is 4.45. The van der Waals surface area contributed by atoms with Crippen LogP contribution in [-0.2, 0) is 0 Å². The predicted octanol–water partition coefficient (Wildman–Crippen LogP) is 2.63. The zero-order chi connectivity index (χ0) is 8.20. The van der Waals surface area contributed by atoms with E-state index in [2.05, 4.69) is 6.92 Å². The average Bonchev–Trinajstić information content (AvgIpc) is 1.81. The molecule has 0 radical (unpaired) electrons. The maximum Gasteiger partial charge on any atom is 0.341 e. The first-order valence-corrected chi connectivity index (χ1v) is 8.47. The van der Waals surface area contributed by atoms with Gasteiger partial charge >= 0.3 is 6.00 Å². The molecule has 0 amide bonds. The van der Waals surface area contributed by atoms with Crippen LogP contribution in [0.1, 0.15) is 13.3 Å². The molecule has 0 aliphatic rings. The van der Waals surface area contributed by atoms with Crippen molar-refractivity contribution in [2.75, 3.05) is 6.54 Å². The van der Waals surface area contributed by atoms with Crippen molar-refractivity contribution in [3.8, 4) is 0 Å². The van der Waals surface area contributed by atoms with Crippen molar-refractivity contribution in [2.24, 2.45) is 11.7 Å². The highest BCUT2D eigenvalue weighted by Crippen LogP contribution is 2.27. The van der Waals surface area contributed by atoms with Gasteiger partial charge in [0.2, 0.25) is 0 Å². The quantitative estimate of drug-likeness (QED) is 0.572. The van der Waals surface area contributed by atoms with Crippen LogP contribution < -0.4 is 5.73 Å². The summed E-state index contributed by atoms with van der Waals surface area (Å²) in [5.74, 6) is 0.475. The van der Waals surface area contributed by atoms with Gasteiger partial charge in [0, 0.05) is 0 Å². The minimum Gasteiger partial charge on any atom is -0.330 e. The molecular formula is C5H12Cl3NSi. The fraction of sp³-hybridized carbons (Fsp3) is 1.00. The van der Waals surface area contributed by atoms with Crippen LogP contribution in [0.5, 0.6) is 0 Å². The Kier molecular flexibility index (Phi) is 5.34. The number of halogens is 3. The fourth-order valence-electron chi connectivity index (χ4n) is 0.528. The van der Waals surface area contributed by atoms with Gasteiger partial charge in [-0.2, -0.15) is 0 Å². The van der Waals surface area contributed by atoms with Crippen molar-refractivity contribution >= 4 is 39.2 Å². The van der Waals surface area contributed by atoms with Crippen molar-refractivity contribution in [2.45, 2.75) is 19.4 Å². The first kappa shape index (κ1) is 11.0. The van der Waals surface area contributed by atoms with E-state index >= 15 is 0 Å². The summed E-state index contributed by atoms with van der Waals surface area (Å²) < 4.78 is 0. The van der Waals surface area contributed by atoms with E-state index in [1.54, 1.807) is 0 Å². The summed E-state index contributed by atoms with van der Waals surface area (Å²) in [4.78, 5) is 0. The molecule has 10 heavy (non-hydrogen) atoms. The van der Waals surface area contributed by atoms with E-state index in [9.17, 15) is 0 Å². The largest absolute Gasteiger partial charge is 0.341 e. The third-order valence-electron chi connectivity index (χ3n) is 1.32. The van der Waals surface area contributed by atoms with Crippen LogP contribution in [0.3, 0.4) is 0 Å². The second-order valence-electron chi connectivity index (χ2n) is 2.49. The number of rotatable bonds is 4. The Bertz CT molecular complexity index is 93.4. The van der Waals surface area contributed by atoms with Gasteiger partial charge in [0.15, 0.2) is 0 Å². The molecule has 0 aliphatic carbocycles. The molecule has 0 aromatic rings. The van der Waals surface area contributed by atoms with E-state index in [1.165, 1.54) is 0 Å². The molecule has 0 fully saturated rings. The molecule has 0 saturated carbocycles. The molecule has 0 bridgehead atoms. The fourth-order valence-corrected chi connectivity index (χ4v) is 2.33. The summed E-state index contributed by atoms with van der Waals surface area (Å²) in [6, 6.07) is -1.66. The van der Waals surface area contributed by atoms with E-state index < -0.39 is 6.00 Å². The van der Waals surface area contributed by atoms with Crippen molar-refractivity contribution in [3.63, 3.8) is 0 Å². The monoisotopic (exact) mass is 219 g/mol. The minimum absolute atomic E-state index is 0.475. The molecule has 1 nitrogen and oxygen atoms in total. The standard InChI is InChI=1S/C5H12Cl3NSi/c1-5(4-9)2-3-10(6,7)8/h5H,2-4,9H2,1H3. The normalized spacial score (nSPS) is 15.3. The van der Waals surface area contributed by atoms with Crippen molar-refractivity contribution in [1.82, 2.24) is 0 Å². The van der Waals surface area contributed by atoms with Gasteiger partial charge in [-0.3, -0.25) is 0 Å². The molecule has 0 saturated heterocycles. The first-order valence-electron chi connectivity index (χ1n) is 3.22. The maximum absolute atomic E-state index is 5.66. The predicted molar refractivity (Wildman–Crippen MR) is 51.0 cm³/mol. The Balaban J connectivity index is 3.36. The summed E-state index contributed by atoms with van der Waals surface area (Å²) in [6.45, 7) is 2.74. The van der Waals surface area contributed by atoms with Crippen LogP contribution in [0, 0.1) is 5.92 Å². The highest BCUT2D eigenvalue weighted by molar-refractivity contribution is 7.64. The van der Waals surface area contributed by atoms with Crippen molar-refractivity contribution in [3.05, 3.63) is 0 Å². The van der Waals surface area contributed by atoms with E-state index in [1.807, 2.05) is 0 Å². The molecule has 0 spiro atoms. The van der Waals surface area contributed by atoms with Crippen LogP contribution in [0.4, 0.5) is 0 Å². The molecule has 2 N–H and O–H groups in total. The van der Waals surface area contributed by atoms with Crippen LogP contribution in [0.15, 0.2) is 0 Å². The molecule has 0 aliphatic heterocycles. The van der Waals surface area contributed by atoms with E-state index in [-0.39, 0.29) is 0 Å². The highest BCUT2D eigenvalue weighted by Gasteiger charge is 2.24. The molecule has 0 heterocycles. The van der Waals surface area contributed by atoms with Crippen molar-refractivity contribution < 1.29 is 0 Å². The van der Waals surface area contributed by atoms with E-state index in [0.29, 0.717) is 12.5 Å². The number of hydrogen-bond acceptors (Lipinski definition) is 1. The molecule has 0 aromatic heterocycles. The Morgan fingerprint density at radius 2 is 1.90 bits per heavy atom. The molecule has 62 valence electrons. The average molecular weight is 221 g/mol. The topological polar surface area (TPSA) is 26.0 Å². The zero-order valence-corrected chi connectivity index (χ0v) is 9.18. The molecule has 1 unspecified atom stereocenters. The molecular weight excluding hydrogens is 209 g/mol. The summed E-state index contributed by atoms with van der Waals surface area (Å²) in [5, 5.41) is 0. The van der Waals surface area contributed by atoms with Crippen LogP contribution in [0.2, 0.25) is 6.04 Å². The SMILES string of the molecule is CC(CN)CC[Si](Cl)(Cl)Cl. The van der Waals surface area contributed by atoms with Gasteiger partial charge in [0.05, 0.1) is 0 Å². The molecule has 0 aromatic carbocycles. The maximum atomic E-state index is 5.66. The van der Waals surface area contributed by atoms with Crippen LogP contribution >= 0.6 is 33.2 Å². The van der Waals surface area contributed by atoms with Gasteiger partial charge < -0.3 is 5.73 Å². The Morgan fingerprint density at radius 3 is 2.20 bits per heavy atom. The lowest BCUT2D eigenvalue weighted by Gasteiger charge is -2.10. The molecule has 0 rings (SSSR count). The summed E-state index contributed by atoms with van der Waals surface area (Å²) >= 11 is 17.0. The smallest absolute Gasteiger partial charge is 0.330 e. The second kappa shape index (κ2) is 4.83. The lowest BCUT2D eigenvalue weighted by atomic mass is 10.1. The van der Waals surface area contributed by atoms with Crippen molar-refractivity contribution in [1.29, 1.82) is 0 Å². The van der Waals surface area contributed by atoms with Gasteiger partial charge in [-0.15, -0.1) is 33.2 Å². The van der Waals surface area contributed by atoms with Gasteiger partial charge in [-0.25, -0.2) is 0 Å². The Morgan fingerprint density at radius 1 is 1.40 bits per heavy atom. The summed E-state index contributed by atoms with van der Waals surface area (Å²) in [7, 11) is 0. The van der Waals surface area contributed by atoms with Crippen LogP contribution in [-0.4, -0.2) is 12.5 Å². The number of nitrogens with two attached hydrogens (primary N) is 1. The van der Waals surface area contributed by atoms with Crippen LogP contribution in [0.25, 0.3) is 0 Å². The van der Waals surface area contributed by atoms with E-state index in [4.69, 9.17) is 39.0 Å². The van der Waals surface area contributed by atoms with Gasteiger partial charge in [0.1, 0.15) is 0 Å². The second-order valence-corrected chi connectivity index (χ2v) is 11.8. The molecule has 5 heteroatoms. The Labute approximate surface area is 76.9 Å². The van der Waals surface area contributed by atoms with Gasteiger partial charge in [-0.05, 0) is 24.9 Å². The zero-order valence-electron chi connectivity index (χ0n) is 5.91. The minimum atomic E-state index is -2.38. The molecule has 1 atom stereocenters. The van der Waals surface area contributed by atoms with Gasteiger partial charge in [-0.1, -0.05) is 6.92 Å².